The Hall–Kier alpha value is -2.39. The van der Waals surface area contributed by atoms with Crippen LogP contribution in [0.5, 0.6) is 0 Å². The SMILES string of the molecule is C=CCN(CC=C)c1ccc(C(=O)C(C)(C)N(CC=C)CC=C)cc1. The summed E-state index contributed by atoms with van der Waals surface area (Å²) in [5, 5.41) is 0. The van der Waals surface area contributed by atoms with Gasteiger partial charge in [-0.15, -0.1) is 26.3 Å². The Morgan fingerprint density at radius 3 is 1.72 bits per heavy atom. The largest absolute Gasteiger partial charge is 0.364 e. The van der Waals surface area contributed by atoms with Gasteiger partial charge in [0.05, 0.1) is 5.54 Å². The second kappa shape index (κ2) is 9.80. The first kappa shape index (κ1) is 20.7. The summed E-state index contributed by atoms with van der Waals surface area (Å²) in [5.74, 6) is 0.0849. The third-order valence-electron chi connectivity index (χ3n) is 4.24. The number of hydrogen-bond donors (Lipinski definition) is 0. The third-order valence-corrected chi connectivity index (χ3v) is 4.24. The van der Waals surface area contributed by atoms with Crippen LogP contribution in [0.3, 0.4) is 0 Å². The molecule has 0 unspecified atom stereocenters. The van der Waals surface area contributed by atoms with Crippen molar-refractivity contribution >= 4 is 11.5 Å². The molecule has 0 aliphatic carbocycles. The average molecular weight is 338 g/mol. The molecule has 0 fully saturated rings. The second-order valence-electron chi connectivity index (χ2n) is 6.40. The van der Waals surface area contributed by atoms with Crippen LogP contribution in [0.4, 0.5) is 5.69 Å². The van der Waals surface area contributed by atoms with Crippen LogP contribution in [0.15, 0.2) is 74.9 Å². The number of Topliss-reactive ketones (excluding diaryl/α,β-unsaturated/α-hetero) is 1. The number of ketones is 1. The molecule has 1 rings (SSSR count). The van der Waals surface area contributed by atoms with Crippen molar-refractivity contribution in [2.75, 3.05) is 31.1 Å². The van der Waals surface area contributed by atoms with Gasteiger partial charge in [0.25, 0.3) is 0 Å². The monoisotopic (exact) mass is 338 g/mol. The zero-order valence-electron chi connectivity index (χ0n) is 15.6. The first-order chi connectivity index (χ1) is 11.9. The summed E-state index contributed by atoms with van der Waals surface area (Å²) in [6.45, 7) is 21.8. The highest BCUT2D eigenvalue weighted by Crippen LogP contribution is 2.23. The predicted octanol–water partition coefficient (Wildman–Crippen LogP) is 4.50. The number of rotatable bonds is 12. The van der Waals surface area contributed by atoms with Crippen molar-refractivity contribution in [1.82, 2.24) is 4.90 Å². The van der Waals surface area contributed by atoms with Crippen LogP contribution in [0.2, 0.25) is 0 Å². The summed E-state index contributed by atoms with van der Waals surface area (Å²) >= 11 is 0. The standard InChI is InChI=1S/C22H30N2O/c1-7-15-23(16-8-2)20-13-11-19(12-14-20)21(25)22(5,6)24(17-9-3)18-10-4/h7-14H,1-4,15-18H2,5-6H3. The third kappa shape index (κ3) is 5.30. The fourth-order valence-electron chi connectivity index (χ4n) is 2.76. The molecule has 3 nitrogen and oxygen atoms in total. The first-order valence-corrected chi connectivity index (χ1v) is 8.50. The van der Waals surface area contributed by atoms with Gasteiger partial charge in [-0.1, -0.05) is 24.3 Å². The fourth-order valence-corrected chi connectivity index (χ4v) is 2.76. The molecule has 1 aromatic rings. The molecule has 0 spiro atoms. The van der Waals surface area contributed by atoms with E-state index in [9.17, 15) is 4.79 Å². The predicted molar refractivity (Wildman–Crippen MR) is 109 cm³/mol. The molecule has 0 aromatic heterocycles. The van der Waals surface area contributed by atoms with Gasteiger partial charge >= 0.3 is 0 Å². The topological polar surface area (TPSA) is 23.6 Å². The molecule has 0 amide bonds. The lowest BCUT2D eigenvalue weighted by molar-refractivity contribution is 0.0700. The van der Waals surface area contributed by atoms with Crippen LogP contribution >= 0.6 is 0 Å². The van der Waals surface area contributed by atoms with Crippen molar-refractivity contribution in [2.45, 2.75) is 19.4 Å². The zero-order chi connectivity index (χ0) is 18.9. The summed E-state index contributed by atoms with van der Waals surface area (Å²) in [6, 6.07) is 7.72. The molecule has 25 heavy (non-hydrogen) atoms. The summed E-state index contributed by atoms with van der Waals surface area (Å²) in [6.07, 6.45) is 7.33. The highest BCUT2D eigenvalue weighted by Gasteiger charge is 2.33. The Morgan fingerprint density at radius 2 is 1.32 bits per heavy atom. The Labute approximate surface area is 152 Å². The summed E-state index contributed by atoms with van der Waals surface area (Å²) in [7, 11) is 0. The van der Waals surface area contributed by atoms with Gasteiger partial charge in [-0.25, -0.2) is 0 Å². The molecular formula is C22H30N2O. The molecule has 0 N–H and O–H groups in total. The van der Waals surface area contributed by atoms with E-state index in [1.165, 1.54) is 0 Å². The number of hydrogen-bond acceptors (Lipinski definition) is 3. The van der Waals surface area contributed by atoms with Gasteiger partial charge < -0.3 is 4.90 Å². The minimum atomic E-state index is -0.633. The maximum Gasteiger partial charge on any atom is 0.182 e. The van der Waals surface area contributed by atoms with Crippen molar-refractivity contribution in [3.63, 3.8) is 0 Å². The van der Waals surface area contributed by atoms with Crippen LogP contribution in [0.25, 0.3) is 0 Å². The van der Waals surface area contributed by atoms with E-state index in [0.29, 0.717) is 18.7 Å². The van der Waals surface area contributed by atoms with E-state index in [1.807, 2.05) is 62.4 Å². The molecule has 3 heteroatoms. The summed E-state index contributed by atoms with van der Waals surface area (Å²) in [5.41, 5.74) is 1.11. The molecule has 0 heterocycles. The van der Waals surface area contributed by atoms with Crippen molar-refractivity contribution in [3.8, 4) is 0 Å². The zero-order valence-corrected chi connectivity index (χ0v) is 15.6. The molecule has 0 bridgehead atoms. The Bertz CT molecular complexity index is 593. The first-order valence-electron chi connectivity index (χ1n) is 8.50. The molecule has 134 valence electrons. The minimum absolute atomic E-state index is 0.0849. The summed E-state index contributed by atoms with van der Waals surface area (Å²) < 4.78 is 0. The van der Waals surface area contributed by atoms with Gasteiger partial charge in [0.2, 0.25) is 0 Å². The molecular weight excluding hydrogens is 308 g/mol. The lowest BCUT2D eigenvalue weighted by Gasteiger charge is -2.36. The highest BCUT2D eigenvalue weighted by atomic mass is 16.1. The van der Waals surface area contributed by atoms with E-state index < -0.39 is 5.54 Å². The molecule has 0 atom stereocenters. The lowest BCUT2D eigenvalue weighted by Crippen LogP contribution is -2.50. The Balaban J connectivity index is 3.04. The van der Waals surface area contributed by atoms with Gasteiger partial charge in [-0.2, -0.15) is 0 Å². The molecule has 0 radical (unpaired) electrons. The normalized spacial score (nSPS) is 11.0. The number of carbonyl (C=O) groups is 1. The fraction of sp³-hybridized carbons (Fsp3) is 0.318. The van der Waals surface area contributed by atoms with Gasteiger partial charge in [-0.05, 0) is 38.1 Å². The number of nitrogens with zero attached hydrogens (tertiary/aromatic N) is 2. The Kier molecular flexibility index (Phi) is 8.09. The smallest absolute Gasteiger partial charge is 0.182 e. The van der Waals surface area contributed by atoms with Gasteiger partial charge in [0.15, 0.2) is 5.78 Å². The van der Waals surface area contributed by atoms with Crippen molar-refractivity contribution in [2.24, 2.45) is 0 Å². The number of carbonyl (C=O) groups excluding carboxylic acids is 1. The van der Waals surface area contributed by atoms with E-state index in [-0.39, 0.29) is 5.78 Å². The highest BCUT2D eigenvalue weighted by molar-refractivity contribution is 6.03. The second-order valence-corrected chi connectivity index (χ2v) is 6.40. The average Bonchev–Trinajstić information content (AvgIpc) is 2.61. The van der Waals surface area contributed by atoms with Crippen molar-refractivity contribution < 1.29 is 4.79 Å². The van der Waals surface area contributed by atoms with Crippen LogP contribution in [0.1, 0.15) is 24.2 Å². The van der Waals surface area contributed by atoms with Crippen molar-refractivity contribution in [3.05, 3.63) is 80.4 Å². The molecule has 0 aliphatic rings. The number of benzene rings is 1. The van der Waals surface area contributed by atoms with E-state index in [2.05, 4.69) is 36.1 Å². The quantitative estimate of drug-likeness (QED) is 0.414. The lowest BCUT2D eigenvalue weighted by atomic mass is 9.91. The van der Waals surface area contributed by atoms with Gasteiger partial charge in [-0.3, -0.25) is 9.69 Å². The van der Waals surface area contributed by atoms with Crippen LogP contribution in [0, 0.1) is 0 Å². The molecule has 0 saturated heterocycles. The molecule has 0 aliphatic heterocycles. The van der Waals surface area contributed by atoms with E-state index in [4.69, 9.17) is 0 Å². The van der Waals surface area contributed by atoms with Crippen LogP contribution < -0.4 is 4.90 Å². The van der Waals surface area contributed by atoms with Gasteiger partial charge in [0, 0.05) is 37.4 Å². The maximum atomic E-state index is 13.0. The molecule has 0 saturated carbocycles. The maximum absolute atomic E-state index is 13.0. The molecule has 1 aromatic carbocycles. The van der Waals surface area contributed by atoms with E-state index >= 15 is 0 Å². The summed E-state index contributed by atoms with van der Waals surface area (Å²) in [4.78, 5) is 17.2. The number of anilines is 1. The van der Waals surface area contributed by atoms with Gasteiger partial charge in [0.1, 0.15) is 0 Å². The van der Waals surface area contributed by atoms with Crippen LogP contribution in [-0.4, -0.2) is 42.4 Å². The van der Waals surface area contributed by atoms with E-state index in [1.54, 1.807) is 0 Å². The van der Waals surface area contributed by atoms with E-state index in [0.717, 1.165) is 18.8 Å². The Morgan fingerprint density at radius 1 is 0.880 bits per heavy atom. The van der Waals surface area contributed by atoms with Crippen molar-refractivity contribution in [1.29, 1.82) is 0 Å². The van der Waals surface area contributed by atoms with Crippen LogP contribution in [-0.2, 0) is 0 Å². The minimum Gasteiger partial charge on any atom is -0.364 e.